The Morgan fingerprint density at radius 2 is 1.67 bits per heavy atom. The van der Waals surface area contributed by atoms with E-state index in [4.69, 9.17) is 5.73 Å². The standard InChI is InChI=1S/C11H10N2O2/c12-9-4-2-1-3-8(9)7-13-10(14)5-6-11(13)15/h1-6H,7,12H2. The number of benzene rings is 1. The first-order chi connectivity index (χ1) is 7.18. The van der Waals surface area contributed by atoms with Crippen LogP contribution in [0.2, 0.25) is 0 Å². The third-order valence-corrected chi connectivity index (χ3v) is 2.28. The average Bonchev–Trinajstić information content (AvgIpc) is 2.53. The number of para-hydroxylation sites is 1. The molecule has 0 aromatic heterocycles. The van der Waals surface area contributed by atoms with Gasteiger partial charge in [-0.3, -0.25) is 14.5 Å². The topological polar surface area (TPSA) is 63.4 Å². The van der Waals surface area contributed by atoms with Gasteiger partial charge >= 0.3 is 0 Å². The van der Waals surface area contributed by atoms with Crippen LogP contribution in [-0.4, -0.2) is 16.7 Å². The number of carbonyl (C=O) groups excluding carboxylic acids is 2. The second-order valence-corrected chi connectivity index (χ2v) is 3.29. The Morgan fingerprint density at radius 1 is 1.07 bits per heavy atom. The highest BCUT2D eigenvalue weighted by atomic mass is 16.2. The summed E-state index contributed by atoms with van der Waals surface area (Å²) in [4.78, 5) is 23.7. The predicted octanol–water partition coefficient (Wildman–Crippen LogP) is 0.694. The fourth-order valence-electron chi connectivity index (χ4n) is 1.44. The molecule has 0 bridgehead atoms. The van der Waals surface area contributed by atoms with Crippen LogP contribution < -0.4 is 5.73 Å². The van der Waals surface area contributed by atoms with Crippen molar-refractivity contribution in [2.45, 2.75) is 6.54 Å². The van der Waals surface area contributed by atoms with Gasteiger partial charge in [0.2, 0.25) is 0 Å². The Morgan fingerprint density at radius 3 is 2.27 bits per heavy atom. The van der Waals surface area contributed by atoms with Crippen LogP contribution in [0.1, 0.15) is 5.56 Å². The van der Waals surface area contributed by atoms with E-state index in [-0.39, 0.29) is 18.4 Å². The van der Waals surface area contributed by atoms with E-state index >= 15 is 0 Å². The maximum atomic E-state index is 11.3. The van der Waals surface area contributed by atoms with Crippen molar-refractivity contribution in [3.05, 3.63) is 42.0 Å². The summed E-state index contributed by atoms with van der Waals surface area (Å²) in [5.74, 6) is -0.577. The molecule has 76 valence electrons. The molecular formula is C11H10N2O2. The van der Waals surface area contributed by atoms with Gasteiger partial charge in [0.05, 0.1) is 6.54 Å². The zero-order valence-corrected chi connectivity index (χ0v) is 8.01. The molecule has 2 rings (SSSR count). The Balaban J connectivity index is 2.20. The normalized spacial score (nSPS) is 15.1. The molecule has 2 amide bonds. The van der Waals surface area contributed by atoms with Gasteiger partial charge in [-0.15, -0.1) is 0 Å². The molecule has 1 aromatic carbocycles. The molecule has 0 spiro atoms. The lowest BCUT2D eigenvalue weighted by Gasteiger charge is -2.14. The van der Waals surface area contributed by atoms with Crippen LogP contribution in [0.5, 0.6) is 0 Å². The van der Waals surface area contributed by atoms with Gasteiger partial charge in [-0.2, -0.15) is 0 Å². The summed E-state index contributed by atoms with van der Waals surface area (Å²) < 4.78 is 0. The summed E-state index contributed by atoms with van der Waals surface area (Å²) in [5.41, 5.74) is 7.09. The Bertz CT molecular complexity index is 434. The number of hydrogen-bond acceptors (Lipinski definition) is 3. The fraction of sp³-hybridized carbons (Fsp3) is 0.0909. The lowest BCUT2D eigenvalue weighted by Crippen LogP contribution is -2.29. The Hall–Kier alpha value is -2.10. The van der Waals surface area contributed by atoms with Gasteiger partial charge < -0.3 is 5.73 Å². The molecular weight excluding hydrogens is 192 g/mol. The summed E-state index contributed by atoms with van der Waals surface area (Å²) >= 11 is 0. The van der Waals surface area contributed by atoms with Crippen LogP contribution in [-0.2, 0) is 16.1 Å². The smallest absolute Gasteiger partial charge is 0.253 e. The molecule has 0 radical (unpaired) electrons. The summed E-state index contributed by atoms with van der Waals surface area (Å²) in [6.45, 7) is 0.233. The maximum absolute atomic E-state index is 11.3. The number of amides is 2. The molecule has 1 aromatic rings. The van der Waals surface area contributed by atoms with Crippen LogP contribution in [0.3, 0.4) is 0 Å². The average molecular weight is 202 g/mol. The molecule has 1 aliphatic heterocycles. The first-order valence-corrected chi connectivity index (χ1v) is 4.55. The van der Waals surface area contributed by atoms with E-state index < -0.39 is 0 Å². The van der Waals surface area contributed by atoms with Crippen molar-refractivity contribution in [2.75, 3.05) is 5.73 Å². The van der Waals surface area contributed by atoms with Crippen molar-refractivity contribution in [3.63, 3.8) is 0 Å². The molecule has 0 aliphatic carbocycles. The molecule has 1 aliphatic rings. The summed E-state index contributed by atoms with van der Waals surface area (Å²) in [6.07, 6.45) is 2.53. The third kappa shape index (κ3) is 1.74. The molecule has 0 fully saturated rings. The molecule has 2 N–H and O–H groups in total. The molecule has 1 heterocycles. The van der Waals surface area contributed by atoms with Gasteiger partial charge in [0.25, 0.3) is 11.8 Å². The van der Waals surface area contributed by atoms with E-state index in [1.807, 2.05) is 12.1 Å². The van der Waals surface area contributed by atoms with Crippen molar-refractivity contribution < 1.29 is 9.59 Å². The highest BCUT2D eigenvalue weighted by Crippen LogP contribution is 2.15. The quantitative estimate of drug-likeness (QED) is 0.567. The lowest BCUT2D eigenvalue weighted by atomic mass is 10.2. The zero-order valence-electron chi connectivity index (χ0n) is 8.01. The summed E-state index contributed by atoms with van der Waals surface area (Å²) in [6, 6.07) is 7.18. The van der Waals surface area contributed by atoms with Crippen molar-refractivity contribution >= 4 is 17.5 Å². The molecule has 0 unspecified atom stereocenters. The lowest BCUT2D eigenvalue weighted by molar-refractivity contribution is -0.137. The molecule has 15 heavy (non-hydrogen) atoms. The second kappa shape index (κ2) is 3.57. The van der Waals surface area contributed by atoms with Crippen LogP contribution in [0.15, 0.2) is 36.4 Å². The van der Waals surface area contributed by atoms with Gasteiger partial charge in [-0.05, 0) is 11.6 Å². The van der Waals surface area contributed by atoms with Crippen LogP contribution in [0.25, 0.3) is 0 Å². The highest BCUT2D eigenvalue weighted by Gasteiger charge is 2.23. The second-order valence-electron chi connectivity index (χ2n) is 3.29. The fourth-order valence-corrected chi connectivity index (χ4v) is 1.44. The maximum Gasteiger partial charge on any atom is 0.253 e. The van der Waals surface area contributed by atoms with E-state index in [1.54, 1.807) is 12.1 Å². The molecule has 0 saturated heterocycles. The van der Waals surface area contributed by atoms with Gasteiger partial charge in [0, 0.05) is 17.8 Å². The minimum atomic E-state index is -0.289. The van der Waals surface area contributed by atoms with Crippen molar-refractivity contribution in [1.82, 2.24) is 4.90 Å². The molecule has 0 atom stereocenters. The van der Waals surface area contributed by atoms with E-state index in [0.29, 0.717) is 5.69 Å². The van der Waals surface area contributed by atoms with Gasteiger partial charge in [-0.25, -0.2) is 0 Å². The van der Waals surface area contributed by atoms with Crippen molar-refractivity contribution in [2.24, 2.45) is 0 Å². The first-order valence-electron chi connectivity index (χ1n) is 4.55. The number of nitrogens with zero attached hydrogens (tertiary/aromatic N) is 1. The Labute approximate surface area is 87.0 Å². The van der Waals surface area contributed by atoms with Crippen LogP contribution in [0.4, 0.5) is 5.69 Å². The minimum Gasteiger partial charge on any atom is -0.398 e. The zero-order chi connectivity index (χ0) is 10.8. The largest absolute Gasteiger partial charge is 0.398 e. The minimum absolute atomic E-state index is 0.233. The van der Waals surface area contributed by atoms with E-state index in [9.17, 15) is 9.59 Å². The monoisotopic (exact) mass is 202 g/mol. The highest BCUT2D eigenvalue weighted by molar-refractivity contribution is 6.12. The van der Waals surface area contributed by atoms with E-state index in [2.05, 4.69) is 0 Å². The SMILES string of the molecule is Nc1ccccc1CN1C(=O)C=CC1=O. The number of nitrogens with two attached hydrogens (primary N) is 1. The number of hydrogen-bond donors (Lipinski definition) is 1. The van der Waals surface area contributed by atoms with E-state index in [0.717, 1.165) is 10.5 Å². The van der Waals surface area contributed by atoms with E-state index in [1.165, 1.54) is 12.2 Å². The number of rotatable bonds is 2. The molecule has 4 nitrogen and oxygen atoms in total. The van der Waals surface area contributed by atoms with Gasteiger partial charge in [0.15, 0.2) is 0 Å². The number of anilines is 1. The van der Waals surface area contributed by atoms with Gasteiger partial charge in [-0.1, -0.05) is 18.2 Å². The Kier molecular flexibility index (Phi) is 2.25. The molecule has 0 saturated carbocycles. The van der Waals surface area contributed by atoms with Crippen LogP contribution in [0, 0.1) is 0 Å². The number of carbonyl (C=O) groups is 2. The molecule has 4 heteroatoms. The number of imide groups is 1. The van der Waals surface area contributed by atoms with Crippen molar-refractivity contribution in [3.8, 4) is 0 Å². The summed E-state index contributed by atoms with van der Waals surface area (Å²) in [7, 11) is 0. The number of nitrogen functional groups attached to an aromatic ring is 1. The van der Waals surface area contributed by atoms with Gasteiger partial charge in [0.1, 0.15) is 0 Å². The van der Waals surface area contributed by atoms with Crippen molar-refractivity contribution in [1.29, 1.82) is 0 Å². The first kappa shape index (κ1) is 9.45. The summed E-state index contributed by atoms with van der Waals surface area (Å²) in [5, 5.41) is 0. The predicted molar refractivity (Wildman–Crippen MR) is 55.6 cm³/mol. The third-order valence-electron chi connectivity index (χ3n) is 2.28. The van der Waals surface area contributed by atoms with Crippen LogP contribution >= 0.6 is 0 Å².